The largest absolute Gasteiger partial charge is 0.325 e. The molecule has 3 rings (SSSR count). The lowest BCUT2D eigenvalue weighted by Gasteiger charge is -2.05. The summed E-state index contributed by atoms with van der Waals surface area (Å²) in [6.45, 7) is 1.73. The summed E-state index contributed by atoms with van der Waals surface area (Å²) in [5.74, 6) is -0.0156. The van der Waals surface area contributed by atoms with Crippen molar-refractivity contribution >= 4 is 34.8 Å². The van der Waals surface area contributed by atoms with Crippen molar-refractivity contribution in [3.63, 3.8) is 0 Å². The van der Waals surface area contributed by atoms with E-state index in [9.17, 15) is 19.7 Å². The molecule has 128 valence electrons. The fraction of sp³-hybridized carbons (Fsp3) is 0.143. The predicted molar refractivity (Wildman–Crippen MR) is 90.8 cm³/mol. The van der Waals surface area contributed by atoms with Gasteiger partial charge in [-0.1, -0.05) is 17.8 Å². The van der Waals surface area contributed by atoms with Crippen LogP contribution in [0.15, 0.2) is 40.3 Å². The third-order valence-corrected chi connectivity index (χ3v) is 4.16. The quantitative estimate of drug-likeness (QED) is 0.398. The van der Waals surface area contributed by atoms with E-state index < -0.39 is 4.92 Å². The Kier molecular flexibility index (Phi) is 4.48. The van der Waals surface area contributed by atoms with Crippen molar-refractivity contribution < 1.29 is 9.72 Å². The molecule has 0 atom stereocenters. The van der Waals surface area contributed by atoms with E-state index in [-0.39, 0.29) is 22.9 Å². The van der Waals surface area contributed by atoms with Crippen LogP contribution in [0.1, 0.15) is 5.69 Å². The zero-order valence-corrected chi connectivity index (χ0v) is 13.7. The van der Waals surface area contributed by atoms with Gasteiger partial charge in [-0.2, -0.15) is 0 Å². The number of nitrogens with zero attached hydrogens (tertiary/aromatic N) is 4. The van der Waals surface area contributed by atoms with Gasteiger partial charge in [0.1, 0.15) is 0 Å². The molecule has 2 aromatic heterocycles. The van der Waals surface area contributed by atoms with Crippen LogP contribution in [0.5, 0.6) is 0 Å². The van der Waals surface area contributed by atoms with Crippen molar-refractivity contribution in [2.24, 2.45) is 0 Å². The molecule has 0 bridgehead atoms. The number of nitro groups is 1. The van der Waals surface area contributed by atoms with Crippen LogP contribution in [-0.4, -0.2) is 36.2 Å². The second-order valence-electron chi connectivity index (χ2n) is 5.06. The smallest absolute Gasteiger partial charge is 0.271 e. The van der Waals surface area contributed by atoms with Crippen LogP contribution in [0, 0.1) is 17.0 Å². The Morgan fingerprint density at radius 1 is 1.40 bits per heavy atom. The number of nitro benzene ring substituents is 1. The standard InChI is InChI=1S/C14H12N6O4S/c1-8-5-11(21)16-13-17-18-14(19(8)13)25-7-12(22)15-9-3-2-4-10(6-9)20(23)24/h2-6H,7H2,1H3,(H,15,22)(H,16,17,21). The number of carbonyl (C=O) groups is 1. The second kappa shape index (κ2) is 6.73. The number of amides is 1. The van der Waals surface area contributed by atoms with Crippen LogP contribution in [0.4, 0.5) is 11.4 Å². The number of aromatic amines is 1. The second-order valence-corrected chi connectivity index (χ2v) is 6.00. The summed E-state index contributed by atoms with van der Waals surface area (Å²) in [5, 5.41) is 21.6. The lowest BCUT2D eigenvalue weighted by molar-refractivity contribution is -0.384. The Hall–Kier alpha value is -3.21. The number of H-pyrrole nitrogens is 1. The number of anilines is 1. The molecule has 0 radical (unpaired) electrons. The molecule has 10 nitrogen and oxygen atoms in total. The van der Waals surface area contributed by atoms with Crippen LogP contribution >= 0.6 is 11.8 Å². The monoisotopic (exact) mass is 360 g/mol. The first-order chi connectivity index (χ1) is 11.9. The molecular formula is C14H12N6O4S. The number of hydrogen-bond acceptors (Lipinski definition) is 7. The molecule has 1 amide bonds. The van der Waals surface area contributed by atoms with E-state index in [0.717, 1.165) is 11.8 Å². The first-order valence-electron chi connectivity index (χ1n) is 7.06. The van der Waals surface area contributed by atoms with E-state index in [1.54, 1.807) is 17.4 Å². The molecule has 1 aromatic carbocycles. The Balaban J connectivity index is 1.70. The highest BCUT2D eigenvalue weighted by molar-refractivity contribution is 7.99. The molecule has 25 heavy (non-hydrogen) atoms. The highest BCUT2D eigenvalue weighted by Gasteiger charge is 2.13. The summed E-state index contributed by atoms with van der Waals surface area (Å²) >= 11 is 1.14. The first kappa shape index (κ1) is 16.6. The van der Waals surface area contributed by atoms with Gasteiger partial charge in [0.05, 0.1) is 10.7 Å². The lowest BCUT2D eigenvalue weighted by atomic mass is 10.3. The summed E-state index contributed by atoms with van der Waals surface area (Å²) in [6.07, 6.45) is 0. The van der Waals surface area contributed by atoms with Crippen LogP contribution in [0.25, 0.3) is 5.78 Å². The van der Waals surface area contributed by atoms with Crippen molar-refractivity contribution in [1.29, 1.82) is 0 Å². The molecule has 0 spiro atoms. The van der Waals surface area contributed by atoms with E-state index in [1.165, 1.54) is 24.3 Å². The van der Waals surface area contributed by atoms with Gasteiger partial charge in [0.25, 0.3) is 11.2 Å². The summed E-state index contributed by atoms with van der Waals surface area (Å²) in [5.41, 5.74) is 0.600. The third kappa shape index (κ3) is 3.66. The lowest BCUT2D eigenvalue weighted by Crippen LogP contribution is -2.15. The van der Waals surface area contributed by atoms with Gasteiger partial charge < -0.3 is 5.32 Å². The van der Waals surface area contributed by atoms with Gasteiger partial charge in [0, 0.05) is 29.6 Å². The molecule has 0 fully saturated rings. The van der Waals surface area contributed by atoms with Crippen LogP contribution in [0.3, 0.4) is 0 Å². The van der Waals surface area contributed by atoms with Crippen molar-refractivity contribution in [3.05, 3.63) is 56.5 Å². The molecule has 0 aliphatic rings. The van der Waals surface area contributed by atoms with E-state index in [2.05, 4.69) is 20.5 Å². The number of nitrogens with one attached hydrogen (secondary N) is 2. The number of aryl methyl sites for hydroxylation is 1. The minimum Gasteiger partial charge on any atom is -0.325 e. The number of aromatic nitrogens is 4. The minimum atomic E-state index is -0.531. The molecule has 0 aliphatic carbocycles. The van der Waals surface area contributed by atoms with Gasteiger partial charge in [-0.25, -0.2) is 0 Å². The summed E-state index contributed by atoms with van der Waals surface area (Å²) in [6, 6.07) is 7.09. The summed E-state index contributed by atoms with van der Waals surface area (Å²) in [4.78, 5) is 36.2. The van der Waals surface area contributed by atoms with Crippen molar-refractivity contribution in [3.8, 4) is 0 Å². The van der Waals surface area contributed by atoms with Gasteiger partial charge in [-0.05, 0) is 13.0 Å². The third-order valence-electron chi connectivity index (χ3n) is 3.23. The molecule has 0 unspecified atom stereocenters. The zero-order valence-electron chi connectivity index (χ0n) is 12.9. The molecule has 2 N–H and O–H groups in total. The van der Waals surface area contributed by atoms with E-state index >= 15 is 0 Å². The fourth-order valence-electron chi connectivity index (χ4n) is 2.19. The number of thioether (sulfide) groups is 1. The summed E-state index contributed by atoms with van der Waals surface area (Å²) < 4.78 is 1.63. The normalized spacial score (nSPS) is 10.8. The number of hydrogen-bond donors (Lipinski definition) is 2. The Morgan fingerprint density at radius 3 is 2.96 bits per heavy atom. The number of benzene rings is 1. The Bertz CT molecular complexity index is 1030. The molecule has 2 heterocycles. The maximum atomic E-state index is 12.0. The Labute approximate surface area is 144 Å². The van der Waals surface area contributed by atoms with Gasteiger partial charge in [-0.3, -0.25) is 29.1 Å². The van der Waals surface area contributed by atoms with Gasteiger partial charge >= 0.3 is 0 Å². The maximum Gasteiger partial charge on any atom is 0.271 e. The van der Waals surface area contributed by atoms with Crippen molar-refractivity contribution in [2.45, 2.75) is 12.1 Å². The molecule has 3 aromatic rings. The number of fused-ring (bicyclic) bond motifs is 1. The van der Waals surface area contributed by atoms with Gasteiger partial charge in [-0.15, -0.1) is 10.2 Å². The minimum absolute atomic E-state index is 0.0298. The summed E-state index contributed by atoms with van der Waals surface area (Å²) in [7, 11) is 0. The molecule has 0 saturated heterocycles. The SMILES string of the molecule is Cc1cc(=O)[nH]c2nnc(SCC(=O)Nc3cccc([N+](=O)[O-])c3)n12. The van der Waals surface area contributed by atoms with Crippen LogP contribution < -0.4 is 10.9 Å². The maximum absolute atomic E-state index is 12.0. The number of non-ortho nitro benzene ring substituents is 1. The number of carbonyl (C=O) groups excluding carboxylic acids is 1. The molecule has 0 saturated carbocycles. The van der Waals surface area contributed by atoms with Crippen LogP contribution in [0.2, 0.25) is 0 Å². The van der Waals surface area contributed by atoms with Crippen molar-refractivity contribution in [2.75, 3.05) is 11.1 Å². The van der Waals surface area contributed by atoms with Crippen LogP contribution in [-0.2, 0) is 4.79 Å². The predicted octanol–water partition coefficient (Wildman–Crippen LogP) is 1.37. The average Bonchev–Trinajstić information content (AvgIpc) is 2.96. The van der Waals surface area contributed by atoms with E-state index in [1.807, 2.05) is 0 Å². The highest BCUT2D eigenvalue weighted by Crippen LogP contribution is 2.19. The van der Waals surface area contributed by atoms with Gasteiger partial charge in [0.2, 0.25) is 11.7 Å². The zero-order chi connectivity index (χ0) is 18.0. The molecular weight excluding hydrogens is 348 g/mol. The fourth-order valence-corrected chi connectivity index (χ4v) is 2.98. The van der Waals surface area contributed by atoms with Crippen molar-refractivity contribution in [1.82, 2.24) is 19.6 Å². The topological polar surface area (TPSA) is 135 Å². The Morgan fingerprint density at radius 2 is 2.20 bits per heavy atom. The highest BCUT2D eigenvalue weighted by atomic mass is 32.2. The van der Waals surface area contributed by atoms with E-state index in [4.69, 9.17) is 0 Å². The number of rotatable bonds is 5. The first-order valence-corrected chi connectivity index (χ1v) is 8.05. The average molecular weight is 360 g/mol. The molecule has 0 aliphatic heterocycles. The van der Waals surface area contributed by atoms with E-state index in [0.29, 0.717) is 22.3 Å². The molecule has 11 heteroatoms. The van der Waals surface area contributed by atoms with Gasteiger partial charge in [0.15, 0.2) is 5.16 Å².